The van der Waals surface area contributed by atoms with Crippen LogP contribution < -0.4 is 0 Å². The van der Waals surface area contributed by atoms with Crippen molar-refractivity contribution in [3.8, 4) is 0 Å². The molecule has 0 aromatic heterocycles. The van der Waals surface area contributed by atoms with E-state index in [0.717, 1.165) is 8.47 Å². The molecule has 2 heterocycles. The number of thioether (sulfide) groups is 4. The van der Waals surface area contributed by atoms with Gasteiger partial charge in [-0.05, 0) is 46.2 Å². The quantitative estimate of drug-likeness (QED) is 0.407. The summed E-state index contributed by atoms with van der Waals surface area (Å²) in [5.74, 6) is 0.0627. The Morgan fingerprint density at radius 2 is 1.00 bits per heavy atom. The number of fused-ring (bicyclic) bond motifs is 2. The average Bonchev–Trinajstić information content (AvgIpc) is 3.20. The van der Waals surface area contributed by atoms with Crippen molar-refractivity contribution in [2.24, 2.45) is 0 Å². The van der Waals surface area contributed by atoms with Crippen molar-refractivity contribution < 1.29 is 4.79 Å². The highest BCUT2D eigenvalue weighted by atomic mass is 32.2. The predicted molar refractivity (Wildman–Crippen MR) is 135 cm³/mol. The van der Waals surface area contributed by atoms with Crippen molar-refractivity contribution in [3.05, 3.63) is 68.2 Å². The molecule has 5 heteroatoms. The number of hydrogen-bond donors (Lipinski definition) is 0. The lowest BCUT2D eigenvalue weighted by Gasteiger charge is -2.19. The zero-order valence-corrected chi connectivity index (χ0v) is 21.4. The average molecular weight is 471 g/mol. The molecule has 2 aromatic rings. The summed E-state index contributed by atoms with van der Waals surface area (Å²) in [6.07, 6.45) is 3.56. The maximum absolute atomic E-state index is 12.7. The van der Waals surface area contributed by atoms with Gasteiger partial charge in [0.2, 0.25) is 0 Å². The first-order chi connectivity index (χ1) is 14.0. The number of allylic oxidation sites excluding steroid dienone is 2. The third-order valence-corrected chi connectivity index (χ3v) is 9.78. The van der Waals surface area contributed by atoms with Gasteiger partial charge in [-0.3, -0.25) is 4.79 Å². The van der Waals surface area contributed by atoms with Crippen molar-refractivity contribution in [1.82, 2.24) is 0 Å². The Kier molecular flexibility index (Phi) is 6.04. The topological polar surface area (TPSA) is 17.1 Å². The Balaban J connectivity index is 1.47. The van der Waals surface area contributed by atoms with E-state index in [1.54, 1.807) is 59.2 Å². The number of carbonyl (C=O) groups is 1. The molecule has 0 unspecified atom stereocenters. The lowest BCUT2D eigenvalue weighted by Crippen LogP contribution is -2.10. The zero-order chi connectivity index (χ0) is 21.7. The fourth-order valence-electron chi connectivity index (χ4n) is 3.14. The first kappa shape index (κ1) is 22.2. The SMILES string of the molecule is CC(C)(C)c1ccc2c(c1)SC(=CC(=O)C=C1Sc3ccc(C(C)(C)C)cc3S1)S2. The summed E-state index contributed by atoms with van der Waals surface area (Å²) in [7, 11) is 0. The van der Waals surface area contributed by atoms with Gasteiger partial charge in [-0.25, -0.2) is 0 Å². The van der Waals surface area contributed by atoms with E-state index in [1.165, 1.54) is 30.7 Å². The van der Waals surface area contributed by atoms with E-state index in [9.17, 15) is 4.79 Å². The maximum atomic E-state index is 12.7. The van der Waals surface area contributed by atoms with Crippen molar-refractivity contribution in [2.45, 2.75) is 72.0 Å². The number of hydrogen-bond acceptors (Lipinski definition) is 5. The Hall–Kier alpha value is -1.01. The largest absolute Gasteiger partial charge is 0.290 e. The molecular weight excluding hydrogens is 445 g/mol. The van der Waals surface area contributed by atoms with Gasteiger partial charge in [-0.15, -0.1) is 0 Å². The van der Waals surface area contributed by atoms with Crippen LogP contribution in [-0.4, -0.2) is 5.78 Å². The molecule has 0 amide bonds. The van der Waals surface area contributed by atoms with E-state index in [4.69, 9.17) is 0 Å². The molecule has 2 aromatic carbocycles. The van der Waals surface area contributed by atoms with Crippen molar-refractivity contribution in [1.29, 1.82) is 0 Å². The van der Waals surface area contributed by atoms with Crippen LogP contribution in [0.15, 0.2) is 76.6 Å². The van der Waals surface area contributed by atoms with E-state index < -0.39 is 0 Å². The van der Waals surface area contributed by atoms with Crippen molar-refractivity contribution in [2.75, 3.05) is 0 Å². The van der Waals surface area contributed by atoms with Crippen LogP contribution in [0.25, 0.3) is 0 Å². The molecule has 0 spiro atoms. The minimum atomic E-state index is 0.0627. The lowest BCUT2D eigenvalue weighted by molar-refractivity contribution is -0.110. The molecule has 156 valence electrons. The minimum absolute atomic E-state index is 0.0627. The maximum Gasteiger partial charge on any atom is 0.181 e. The first-order valence-electron chi connectivity index (χ1n) is 9.97. The van der Waals surface area contributed by atoms with Gasteiger partial charge < -0.3 is 0 Å². The Morgan fingerprint density at radius 3 is 1.37 bits per heavy atom. The molecule has 0 radical (unpaired) electrons. The zero-order valence-electron chi connectivity index (χ0n) is 18.2. The summed E-state index contributed by atoms with van der Waals surface area (Å²) in [5, 5.41) is 0. The van der Waals surface area contributed by atoms with Crippen LogP contribution in [0, 0.1) is 0 Å². The normalized spacial score (nSPS) is 18.7. The first-order valence-corrected chi connectivity index (χ1v) is 13.2. The number of ketones is 1. The second kappa shape index (κ2) is 8.16. The monoisotopic (exact) mass is 470 g/mol. The summed E-state index contributed by atoms with van der Waals surface area (Å²) in [4.78, 5) is 17.7. The molecule has 1 nitrogen and oxygen atoms in total. The fourth-order valence-corrected chi connectivity index (χ4v) is 7.92. The van der Waals surface area contributed by atoms with E-state index >= 15 is 0 Å². The summed E-state index contributed by atoms with van der Waals surface area (Å²) in [5.41, 5.74) is 2.92. The second-order valence-corrected chi connectivity index (χ2v) is 14.4. The van der Waals surface area contributed by atoms with Gasteiger partial charge in [0.25, 0.3) is 0 Å². The van der Waals surface area contributed by atoms with Crippen LogP contribution in [0.2, 0.25) is 0 Å². The number of carbonyl (C=O) groups excluding carboxylic acids is 1. The third-order valence-electron chi connectivity index (χ3n) is 4.98. The van der Waals surface area contributed by atoms with Gasteiger partial charge in [-0.2, -0.15) is 0 Å². The molecule has 0 saturated heterocycles. The van der Waals surface area contributed by atoms with Gasteiger partial charge >= 0.3 is 0 Å². The molecule has 0 saturated carbocycles. The van der Waals surface area contributed by atoms with Crippen LogP contribution in [0.4, 0.5) is 0 Å². The highest BCUT2D eigenvalue weighted by molar-refractivity contribution is 8.25. The molecule has 2 aliphatic rings. The van der Waals surface area contributed by atoms with E-state index in [0.29, 0.717) is 0 Å². The van der Waals surface area contributed by atoms with Gasteiger partial charge in [-0.1, -0.05) is 101 Å². The standard InChI is InChI=1S/C25H26OS4/c1-24(2,3)15-7-9-18-20(11-15)29-22(27-18)13-17(26)14-23-28-19-10-8-16(25(4,5)6)12-21(19)30-23/h7-14H,1-6H3. The molecular formula is C25H26OS4. The Bertz CT molecular complexity index is 996. The van der Waals surface area contributed by atoms with E-state index in [2.05, 4.69) is 77.9 Å². The number of benzene rings is 2. The Labute approximate surface area is 196 Å². The van der Waals surface area contributed by atoms with Gasteiger partial charge in [0.1, 0.15) is 0 Å². The summed E-state index contributed by atoms with van der Waals surface area (Å²) < 4.78 is 2.11. The fraction of sp³-hybridized carbons (Fsp3) is 0.320. The summed E-state index contributed by atoms with van der Waals surface area (Å²) in [6, 6.07) is 13.3. The van der Waals surface area contributed by atoms with Gasteiger partial charge in [0, 0.05) is 31.7 Å². The molecule has 0 N–H and O–H groups in total. The van der Waals surface area contributed by atoms with Crippen LogP contribution in [0.5, 0.6) is 0 Å². The van der Waals surface area contributed by atoms with Gasteiger partial charge in [0.15, 0.2) is 5.78 Å². The molecule has 30 heavy (non-hydrogen) atoms. The van der Waals surface area contributed by atoms with Crippen molar-refractivity contribution >= 4 is 52.8 Å². The van der Waals surface area contributed by atoms with Crippen molar-refractivity contribution in [3.63, 3.8) is 0 Å². The van der Waals surface area contributed by atoms with Gasteiger partial charge in [0.05, 0.1) is 8.47 Å². The lowest BCUT2D eigenvalue weighted by atomic mass is 9.87. The molecule has 2 aliphatic heterocycles. The summed E-state index contributed by atoms with van der Waals surface area (Å²) >= 11 is 6.80. The minimum Gasteiger partial charge on any atom is -0.290 e. The van der Waals surface area contributed by atoms with Crippen LogP contribution in [-0.2, 0) is 15.6 Å². The molecule has 0 aliphatic carbocycles. The summed E-state index contributed by atoms with van der Waals surface area (Å²) in [6.45, 7) is 13.4. The Morgan fingerprint density at radius 1 is 0.633 bits per heavy atom. The predicted octanol–water partition coefficient (Wildman–Crippen LogP) is 8.63. The highest BCUT2D eigenvalue weighted by Crippen LogP contribution is 2.53. The molecule has 0 fully saturated rings. The molecule has 0 bridgehead atoms. The van der Waals surface area contributed by atoms with E-state index in [-0.39, 0.29) is 16.6 Å². The number of rotatable bonds is 2. The van der Waals surface area contributed by atoms with E-state index in [1.807, 2.05) is 0 Å². The molecule has 0 atom stereocenters. The molecule has 4 rings (SSSR count). The third kappa shape index (κ3) is 4.90. The highest BCUT2D eigenvalue weighted by Gasteiger charge is 2.24. The second-order valence-electron chi connectivity index (χ2n) is 9.56. The van der Waals surface area contributed by atoms with Crippen LogP contribution in [0.1, 0.15) is 52.7 Å². The van der Waals surface area contributed by atoms with Crippen LogP contribution >= 0.6 is 47.0 Å². The van der Waals surface area contributed by atoms with Crippen LogP contribution in [0.3, 0.4) is 0 Å². The smallest absolute Gasteiger partial charge is 0.181 e.